The molecule has 1 aromatic heterocycles. The number of hydrogen-bond donors (Lipinski definition) is 0. The number of rotatable bonds is 15. The Morgan fingerprint density at radius 3 is 2.06 bits per heavy atom. The molecule has 0 N–H and O–H groups in total. The van der Waals surface area contributed by atoms with E-state index in [2.05, 4.69) is 62.4 Å². The van der Waals surface area contributed by atoms with Crippen molar-refractivity contribution in [3.63, 3.8) is 0 Å². The van der Waals surface area contributed by atoms with Crippen LogP contribution >= 0.6 is 0 Å². The van der Waals surface area contributed by atoms with Gasteiger partial charge in [0.15, 0.2) is 0 Å². The highest BCUT2D eigenvalue weighted by Gasteiger charge is 2.10. The van der Waals surface area contributed by atoms with Crippen molar-refractivity contribution in [2.75, 3.05) is 6.61 Å². The molecule has 0 bridgehead atoms. The SMILES string of the molecule is CCCCCCCc1ccc(-c2ccc(-c3ccc(OCC(C)OC(=O)CCCC)cc3)cc2)nc1. The minimum Gasteiger partial charge on any atom is -0.490 e. The van der Waals surface area contributed by atoms with Crippen LogP contribution in [0.25, 0.3) is 22.4 Å². The van der Waals surface area contributed by atoms with Gasteiger partial charge in [0.2, 0.25) is 0 Å². The average Bonchev–Trinajstić information content (AvgIpc) is 2.91. The highest BCUT2D eigenvalue weighted by atomic mass is 16.6. The predicted molar refractivity (Wildman–Crippen MR) is 148 cm³/mol. The van der Waals surface area contributed by atoms with E-state index in [0.717, 1.165) is 47.4 Å². The van der Waals surface area contributed by atoms with Gasteiger partial charge in [-0.15, -0.1) is 0 Å². The Morgan fingerprint density at radius 2 is 1.42 bits per heavy atom. The molecule has 0 radical (unpaired) electrons. The summed E-state index contributed by atoms with van der Waals surface area (Å²) in [7, 11) is 0. The summed E-state index contributed by atoms with van der Waals surface area (Å²) in [4.78, 5) is 16.4. The van der Waals surface area contributed by atoms with Gasteiger partial charge in [-0.05, 0) is 61.1 Å². The Bertz CT molecular complexity index is 1030. The Balaban J connectivity index is 1.49. The van der Waals surface area contributed by atoms with Crippen LogP contribution in [-0.4, -0.2) is 23.7 Å². The van der Waals surface area contributed by atoms with E-state index in [1.807, 2.05) is 25.3 Å². The molecule has 0 fully saturated rings. The largest absolute Gasteiger partial charge is 0.490 e. The topological polar surface area (TPSA) is 48.4 Å². The van der Waals surface area contributed by atoms with Crippen LogP contribution in [0.3, 0.4) is 0 Å². The zero-order valence-corrected chi connectivity index (χ0v) is 22.2. The smallest absolute Gasteiger partial charge is 0.306 e. The molecule has 0 aliphatic heterocycles. The molecule has 2 aromatic carbocycles. The van der Waals surface area contributed by atoms with Gasteiger partial charge in [0.1, 0.15) is 18.5 Å². The fraction of sp³-hybridized carbons (Fsp3) is 0.438. The van der Waals surface area contributed by atoms with Crippen molar-refractivity contribution in [2.45, 2.75) is 84.7 Å². The van der Waals surface area contributed by atoms with Crippen LogP contribution in [0.2, 0.25) is 0 Å². The molecule has 1 heterocycles. The molecule has 0 saturated heterocycles. The summed E-state index contributed by atoms with van der Waals surface area (Å²) < 4.78 is 11.2. The molecule has 192 valence electrons. The number of carbonyl (C=O) groups is 1. The summed E-state index contributed by atoms with van der Waals surface area (Å²) in [6, 6.07) is 20.9. The third kappa shape index (κ3) is 9.14. The van der Waals surface area contributed by atoms with Crippen LogP contribution in [-0.2, 0) is 16.0 Å². The van der Waals surface area contributed by atoms with Gasteiger partial charge in [-0.3, -0.25) is 9.78 Å². The van der Waals surface area contributed by atoms with Crippen molar-refractivity contribution >= 4 is 5.97 Å². The van der Waals surface area contributed by atoms with Crippen molar-refractivity contribution < 1.29 is 14.3 Å². The van der Waals surface area contributed by atoms with Gasteiger partial charge in [-0.1, -0.05) is 88.4 Å². The van der Waals surface area contributed by atoms with E-state index >= 15 is 0 Å². The van der Waals surface area contributed by atoms with Gasteiger partial charge in [-0.2, -0.15) is 0 Å². The van der Waals surface area contributed by atoms with Crippen LogP contribution in [0, 0.1) is 0 Å². The molecule has 4 nitrogen and oxygen atoms in total. The van der Waals surface area contributed by atoms with Crippen LogP contribution in [0.15, 0.2) is 66.9 Å². The van der Waals surface area contributed by atoms with Crippen molar-refractivity contribution in [1.29, 1.82) is 0 Å². The van der Waals surface area contributed by atoms with Crippen molar-refractivity contribution in [3.8, 4) is 28.1 Å². The van der Waals surface area contributed by atoms with Crippen LogP contribution in [0.5, 0.6) is 5.75 Å². The molecule has 0 amide bonds. The second-order valence-corrected chi connectivity index (χ2v) is 9.53. The summed E-state index contributed by atoms with van der Waals surface area (Å²) in [5.41, 5.74) is 5.71. The number of aromatic nitrogens is 1. The van der Waals surface area contributed by atoms with E-state index in [1.165, 1.54) is 37.7 Å². The first kappa shape index (κ1) is 27.4. The number of esters is 1. The number of hydrogen-bond acceptors (Lipinski definition) is 4. The maximum Gasteiger partial charge on any atom is 0.306 e. The Labute approximate surface area is 217 Å². The Kier molecular flexibility index (Phi) is 11.5. The molecule has 36 heavy (non-hydrogen) atoms. The first-order valence-electron chi connectivity index (χ1n) is 13.6. The lowest BCUT2D eigenvalue weighted by atomic mass is 10.0. The lowest BCUT2D eigenvalue weighted by Gasteiger charge is -2.14. The number of ether oxygens (including phenoxy) is 2. The van der Waals surface area contributed by atoms with Crippen molar-refractivity contribution in [1.82, 2.24) is 4.98 Å². The zero-order valence-electron chi connectivity index (χ0n) is 22.2. The van der Waals surface area contributed by atoms with E-state index in [0.29, 0.717) is 13.0 Å². The number of carbonyl (C=O) groups excluding carboxylic acids is 1. The average molecular weight is 488 g/mol. The van der Waals surface area contributed by atoms with Gasteiger partial charge >= 0.3 is 5.97 Å². The molecule has 4 heteroatoms. The van der Waals surface area contributed by atoms with Crippen LogP contribution < -0.4 is 4.74 Å². The van der Waals surface area contributed by atoms with E-state index in [4.69, 9.17) is 14.5 Å². The number of benzene rings is 2. The summed E-state index contributed by atoms with van der Waals surface area (Å²) in [6.45, 7) is 6.51. The quantitative estimate of drug-likeness (QED) is 0.159. The van der Waals surface area contributed by atoms with E-state index in [9.17, 15) is 4.79 Å². The summed E-state index contributed by atoms with van der Waals surface area (Å²) in [6.07, 6.45) is 11.7. The Morgan fingerprint density at radius 1 is 0.778 bits per heavy atom. The van der Waals surface area contributed by atoms with E-state index in [1.54, 1.807) is 0 Å². The second-order valence-electron chi connectivity index (χ2n) is 9.53. The van der Waals surface area contributed by atoms with Crippen molar-refractivity contribution in [3.05, 3.63) is 72.4 Å². The fourth-order valence-corrected chi connectivity index (χ4v) is 4.10. The maximum absolute atomic E-state index is 11.7. The van der Waals surface area contributed by atoms with E-state index in [-0.39, 0.29) is 12.1 Å². The van der Waals surface area contributed by atoms with Gasteiger partial charge in [0.05, 0.1) is 5.69 Å². The normalized spacial score (nSPS) is 11.8. The van der Waals surface area contributed by atoms with Gasteiger partial charge in [0.25, 0.3) is 0 Å². The lowest BCUT2D eigenvalue weighted by molar-refractivity contribution is -0.149. The lowest BCUT2D eigenvalue weighted by Crippen LogP contribution is -2.21. The molecule has 3 aromatic rings. The first-order valence-corrected chi connectivity index (χ1v) is 13.6. The summed E-state index contributed by atoms with van der Waals surface area (Å²) >= 11 is 0. The number of aryl methyl sites for hydroxylation is 1. The zero-order chi connectivity index (χ0) is 25.6. The molecule has 0 aliphatic rings. The summed E-state index contributed by atoms with van der Waals surface area (Å²) in [5.74, 6) is 0.608. The van der Waals surface area contributed by atoms with Crippen molar-refractivity contribution in [2.24, 2.45) is 0 Å². The minimum atomic E-state index is -0.268. The molecule has 1 atom stereocenters. The second kappa shape index (κ2) is 15.1. The summed E-state index contributed by atoms with van der Waals surface area (Å²) in [5, 5.41) is 0. The van der Waals surface area contributed by atoms with E-state index < -0.39 is 0 Å². The molecule has 0 aliphatic carbocycles. The van der Waals surface area contributed by atoms with Crippen LogP contribution in [0.1, 0.15) is 77.7 Å². The van der Waals surface area contributed by atoms with Gasteiger partial charge in [0, 0.05) is 18.2 Å². The number of unbranched alkanes of at least 4 members (excludes halogenated alkanes) is 5. The molecule has 0 saturated carbocycles. The van der Waals surface area contributed by atoms with Crippen LogP contribution in [0.4, 0.5) is 0 Å². The molecular formula is C32H41NO3. The Hall–Kier alpha value is -3.14. The third-order valence-electron chi connectivity index (χ3n) is 6.31. The first-order chi connectivity index (χ1) is 17.6. The molecule has 0 spiro atoms. The van der Waals surface area contributed by atoms with Gasteiger partial charge < -0.3 is 9.47 Å². The number of pyridine rings is 1. The predicted octanol–water partition coefficient (Wildman–Crippen LogP) is 8.43. The highest BCUT2D eigenvalue weighted by molar-refractivity contribution is 5.70. The number of nitrogens with zero attached hydrogens (tertiary/aromatic N) is 1. The fourth-order valence-electron chi connectivity index (χ4n) is 4.10. The van der Waals surface area contributed by atoms with Gasteiger partial charge in [-0.25, -0.2) is 0 Å². The molecular weight excluding hydrogens is 446 g/mol. The maximum atomic E-state index is 11.7. The monoisotopic (exact) mass is 487 g/mol. The highest BCUT2D eigenvalue weighted by Crippen LogP contribution is 2.26. The third-order valence-corrected chi connectivity index (χ3v) is 6.31. The minimum absolute atomic E-state index is 0.157. The molecule has 3 rings (SSSR count). The standard InChI is InChI=1S/C32H41NO3/c1-4-6-8-9-10-11-26-13-22-31(33-23-26)29-16-14-27(15-17-29)28-18-20-30(21-19-28)35-24-25(3)36-32(34)12-7-5-2/h13-23,25H,4-12,24H2,1-3H3. The molecule has 1 unspecified atom stereocenters.